The molecule has 3 rings (SSSR count). The Morgan fingerprint density at radius 1 is 1.27 bits per heavy atom. The van der Waals surface area contributed by atoms with E-state index in [9.17, 15) is 14.9 Å². The fourth-order valence-electron chi connectivity index (χ4n) is 2.92. The molecular weight excluding hydrogens is 390 g/mol. The van der Waals surface area contributed by atoms with Crippen LogP contribution in [-0.4, -0.2) is 39.3 Å². The fourth-order valence-corrected chi connectivity index (χ4v) is 2.92. The van der Waals surface area contributed by atoms with E-state index in [0.29, 0.717) is 6.61 Å². The number of carbonyl (C=O) groups is 1. The zero-order valence-electron chi connectivity index (χ0n) is 16.7. The Bertz CT molecular complexity index is 1030. The molecule has 1 aromatic heterocycles. The first-order chi connectivity index (χ1) is 14.4. The molecule has 0 saturated heterocycles. The van der Waals surface area contributed by atoms with Gasteiger partial charge in [-0.25, -0.2) is 9.67 Å². The third-order valence-electron chi connectivity index (χ3n) is 4.45. The van der Waals surface area contributed by atoms with E-state index in [1.165, 1.54) is 25.6 Å². The number of amides is 1. The molecule has 0 aliphatic heterocycles. The summed E-state index contributed by atoms with van der Waals surface area (Å²) in [6, 6.07) is 9.50. The van der Waals surface area contributed by atoms with Crippen LogP contribution in [0.4, 0.5) is 5.69 Å². The predicted molar refractivity (Wildman–Crippen MR) is 108 cm³/mol. The largest absolute Gasteiger partial charge is 0.493 e. The minimum Gasteiger partial charge on any atom is -0.493 e. The molecule has 0 bridgehead atoms. The molecule has 0 radical (unpaired) electrons. The Hall–Kier alpha value is -3.95. The van der Waals surface area contributed by atoms with Gasteiger partial charge in [0, 0.05) is 6.07 Å². The number of hydrogen-bond donors (Lipinski definition) is 1. The van der Waals surface area contributed by atoms with Crippen LogP contribution in [0.2, 0.25) is 0 Å². The van der Waals surface area contributed by atoms with Gasteiger partial charge < -0.3 is 14.8 Å². The van der Waals surface area contributed by atoms with Gasteiger partial charge in [-0.2, -0.15) is 5.10 Å². The first-order valence-corrected chi connectivity index (χ1v) is 9.19. The number of nitro benzene ring substituents is 1. The monoisotopic (exact) mass is 411 g/mol. The van der Waals surface area contributed by atoms with E-state index in [-0.39, 0.29) is 28.8 Å². The summed E-state index contributed by atoms with van der Waals surface area (Å²) >= 11 is 0. The molecule has 0 aliphatic carbocycles. The molecule has 1 unspecified atom stereocenters. The second-order valence-corrected chi connectivity index (χ2v) is 6.34. The normalized spacial score (nSPS) is 11.6. The Kier molecular flexibility index (Phi) is 6.26. The summed E-state index contributed by atoms with van der Waals surface area (Å²) < 4.78 is 12.2. The summed E-state index contributed by atoms with van der Waals surface area (Å²) in [6.07, 6.45) is 3.02. The van der Waals surface area contributed by atoms with E-state index in [4.69, 9.17) is 9.47 Å². The van der Waals surface area contributed by atoms with Crippen LogP contribution in [0.1, 0.15) is 35.8 Å². The van der Waals surface area contributed by atoms with Gasteiger partial charge in [-0.1, -0.05) is 12.1 Å². The highest BCUT2D eigenvalue weighted by atomic mass is 16.6. The standard InChI is InChI=1S/C20H21N5O5/c1-4-30-19-9-16(17(25(27)28)10-18(19)29-3)20(26)23-13(2)14-5-7-15(8-6-14)24-12-21-11-22-24/h5-13H,4H2,1-3H3,(H,23,26). The van der Waals surface area contributed by atoms with Crippen LogP contribution in [0.3, 0.4) is 0 Å². The zero-order valence-corrected chi connectivity index (χ0v) is 16.7. The molecular formula is C20H21N5O5. The van der Waals surface area contributed by atoms with Crippen LogP contribution in [0.25, 0.3) is 5.69 Å². The second-order valence-electron chi connectivity index (χ2n) is 6.34. The Labute approximate surface area is 172 Å². The van der Waals surface area contributed by atoms with Gasteiger partial charge in [0.15, 0.2) is 11.5 Å². The highest BCUT2D eigenvalue weighted by molar-refractivity contribution is 5.99. The molecule has 30 heavy (non-hydrogen) atoms. The van der Waals surface area contributed by atoms with E-state index < -0.39 is 10.8 Å². The number of hydrogen-bond acceptors (Lipinski definition) is 7. The molecule has 0 spiro atoms. The third kappa shape index (κ3) is 4.37. The van der Waals surface area contributed by atoms with Crippen molar-refractivity contribution in [3.63, 3.8) is 0 Å². The molecule has 156 valence electrons. The number of methoxy groups -OCH3 is 1. The minimum absolute atomic E-state index is 0.102. The fraction of sp³-hybridized carbons (Fsp3) is 0.250. The lowest BCUT2D eigenvalue weighted by Gasteiger charge is -2.16. The number of aromatic nitrogens is 3. The van der Waals surface area contributed by atoms with Crippen molar-refractivity contribution in [1.82, 2.24) is 20.1 Å². The number of carbonyl (C=O) groups excluding carboxylic acids is 1. The van der Waals surface area contributed by atoms with Crippen molar-refractivity contribution in [1.29, 1.82) is 0 Å². The van der Waals surface area contributed by atoms with Crippen molar-refractivity contribution >= 4 is 11.6 Å². The van der Waals surface area contributed by atoms with Crippen molar-refractivity contribution in [3.8, 4) is 17.2 Å². The van der Waals surface area contributed by atoms with Crippen molar-refractivity contribution in [2.45, 2.75) is 19.9 Å². The van der Waals surface area contributed by atoms with Crippen molar-refractivity contribution in [2.75, 3.05) is 13.7 Å². The SMILES string of the molecule is CCOc1cc(C(=O)NC(C)c2ccc(-n3cncn3)cc2)c([N+](=O)[O-])cc1OC. The summed E-state index contributed by atoms with van der Waals surface area (Å²) in [4.78, 5) is 27.6. The Balaban J connectivity index is 1.83. The zero-order chi connectivity index (χ0) is 21.7. The average molecular weight is 411 g/mol. The van der Waals surface area contributed by atoms with E-state index in [2.05, 4.69) is 15.4 Å². The average Bonchev–Trinajstić information content (AvgIpc) is 3.28. The quantitative estimate of drug-likeness (QED) is 0.446. The first-order valence-electron chi connectivity index (χ1n) is 9.19. The molecule has 0 fully saturated rings. The van der Waals surface area contributed by atoms with E-state index in [1.54, 1.807) is 24.9 Å². The lowest BCUT2D eigenvalue weighted by molar-refractivity contribution is -0.385. The third-order valence-corrected chi connectivity index (χ3v) is 4.45. The van der Waals surface area contributed by atoms with Gasteiger partial charge in [-0.15, -0.1) is 0 Å². The molecule has 1 N–H and O–H groups in total. The topological polar surface area (TPSA) is 121 Å². The molecule has 2 aromatic carbocycles. The summed E-state index contributed by atoms with van der Waals surface area (Å²) in [5.74, 6) is -0.129. The van der Waals surface area contributed by atoms with E-state index in [0.717, 1.165) is 11.3 Å². The Morgan fingerprint density at radius 3 is 2.57 bits per heavy atom. The maximum absolute atomic E-state index is 12.8. The summed E-state index contributed by atoms with van der Waals surface area (Å²) in [5, 5.41) is 18.3. The highest BCUT2D eigenvalue weighted by Gasteiger charge is 2.25. The van der Waals surface area contributed by atoms with Gasteiger partial charge in [0.1, 0.15) is 18.2 Å². The van der Waals surface area contributed by atoms with Gasteiger partial charge in [0.05, 0.1) is 36.4 Å². The van der Waals surface area contributed by atoms with Crippen LogP contribution < -0.4 is 14.8 Å². The maximum atomic E-state index is 12.8. The van der Waals surface area contributed by atoms with Crippen molar-refractivity contribution < 1.29 is 19.2 Å². The molecule has 1 atom stereocenters. The number of benzene rings is 2. The molecule has 1 heterocycles. The number of nitrogens with one attached hydrogen (secondary N) is 1. The maximum Gasteiger partial charge on any atom is 0.286 e. The Morgan fingerprint density at radius 2 is 2.00 bits per heavy atom. The molecule has 1 amide bonds. The first kappa shape index (κ1) is 20.8. The molecule has 3 aromatic rings. The summed E-state index contributed by atoms with van der Waals surface area (Å²) in [7, 11) is 1.38. The van der Waals surface area contributed by atoms with Crippen LogP contribution in [-0.2, 0) is 0 Å². The van der Waals surface area contributed by atoms with Gasteiger partial charge in [-0.3, -0.25) is 14.9 Å². The van der Waals surface area contributed by atoms with E-state index >= 15 is 0 Å². The number of nitrogens with zero attached hydrogens (tertiary/aromatic N) is 4. The number of rotatable bonds is 8. The highest BCUT2D eigenvalue weighted by Crippen LogP contribution is 2.35. The number of ether oxygens (including phenoxy) is 2. The molecule has 10 nitrogen and oxygen atoms in total. The predicted octanol–water partition coefficient (Wildman–Crippen LogP) is 3.07. The van der Waals surface area contributed by atoms with Gasteiger partial charge in [-0.05, 0) is 31.5 Å². The molecule has 0 aliphatic rings. The van der Waals surface area contributed by atoms with Crippen LogP contribution >= 0.6 is 0 Å². The summed E-state index contributed by atoms with van der Waals surface area (Å²) in [6.45, 7) is 3.89. The van der Waals surface area contributed by atoms with Gasteiger partial charge >= 0.3 is 0 Å². The lowest BCUT2D eigenvalue weighted by Crippen LogP contribution is -2.27. The second kappa shape index (κ2) is 9.03. The van der Waals surface area contributed by atoms with Crippen LogP contribution in [0.5, 0.6) is 11.5 Å². The van der Waals surface area contributed by atoms with Crippen LogP contribution in [0.15, 0.2) is 49.1 Å². The van der Waals surface area contributed by atoms with E-state index in [1.807, 2.05) is 24.3 Å². The van der Waals surface area contributed by atoms with Gasteiger partial charge in [0.25, 0.3) is 11.6 Å². The van der Waals surface area contributed by atoms with Gasteiger partial charge in [0.2, 0.25) is 0 Å². The summed E-state index contributed by atoms with van der Waals surface area (Å²) in [5.41, 5.74) is 1.19. The molecule has 10 heteroatoms. The minimum atomic E-state index is -0.620. The van der Waals surface area contributed by atoms with Crippen LogP contribution in [0, 0.1) is 10.1 Å². The number of nitro groups is 1. The molecule has 0 saturated carbocycles. The van der Waals surface area contributed by atoms with Crippen molar-refractivity contribution in [2.24, 2.45) is 0 Å². The lowest BCUT2D eigenvalue weighted by atomic mass is 10.1. The van der Waals surface area contributed by atoms with Crippen molar-refractivity contribution in [3.05, 3.63) is 70.3 Å². The smallest absolute Gasteiger partial charge is 0.286 e.